The number of allylic oxidation sites excluding steroid dienone is 1. The van der Waals surface area contributed by atoms with Crippen LogP contribution in [0, 0.1) is 0 Å². The molecule has 2 aromatic rings. The zero-order valence-electron chi connectivity index (χ0n) is 10.1. The van der Waals surface area contributed by atoms with Crippen LogP contribution in [-0.4, -0.2) is 16.5 Å². The molecule has 0 aliphatic heterocycles. The average Bonchev–Trinajstić information content (AvgIpc) is 2.63. The van der Waals surface area contributed by atoms with Crippen molar-refractivity contribution in [1.29, 1.82) is 0 Å². The van der Waals surface area contributed by atoms with Crippen molar-refractivity contribution in [3.8, 4) is 0 Å². The van der Waals surface area contributed by atoms with Crippen LogP contribution < -0.4 is 0 Å². The number of ketones is 1. The van der Waals surface area contributed by atoms with Crippen LogP contribution in [0.5, 0.6) is 0 Å². The molecule has 0 fully saturated rings. The van der Waals surface area contributed by atoms with Gasteiger partial charge in [0.2, 0.25) is 0 Å². The lowest BCUT2D eigenvalue weighted by atomic mass is 9.84. The minimum Gasteiger partial charge on any atom is -0.385 e. The Kier molecular flexibility index (Phi) is 2.35. The minimum atomic E-state index is -1.08. The number of hydrogen-bond donors (Lipinski definition) is 1. The fraction of sp³-hybridized carbons (Fsp3) is 0.188. The van der Waals surface area contributed by atoms with E-state index < -0.39 is 11.5 Å². The van der Waals surface area contributed by atoms with E-state index in [-0.39, 0.29) is 5.78 Å². The van der Waals surface area contributed by atoms with Crippen molar-refractivity contribution in [2.45, 2.75) is 18.4 Å². The largest absolute Gasteiger partial charge is 0.385 e. The van der Waals surface area contributed by atoms with Gasteiger partial charge >= 0.3 is 0 Å². The van der Waals surface area contributed by atoms with Crippen molar-refractivity contribution in [1.82, 2.24) is 0 Å². The summed E-state index contributed by atoms with van der Waals surface area (Å²) in [5, 5.41) is 12.5. The van der Waals surface area contributed by atoms with E-state index in [0.29, 0.717) is 0 Å². The average molecular weight is 238 g/mol. The van der Waals surface area contributed by atoms with Crippen LogP contribution in [0.4, 0.5) is 0 Å². The van der Waals surface area contributed by atoms with E-state index in [0.717, 1.165) is 16.3 Å². The van der Waals surface area contributed by atoms with Gasteiger partial charge in [-0.05, 0) is 35.4 Å². The topological polar surface area (TPSA) is 37.3 Å². The molecule has 3 rings (SSSR count). The lowest BCUT2D eigenvalue weighted by Gasteiger charge is -2.24. The van der Waals surface area contributed by atoms with Gasteiger partial charge in [-0.1, -0.05) is 42.5 Å². The van der Waals surface area contributed by atoms with Gasteiger partial charge in [-0.25, -0.2) is 0 Å². The van der Waals surface area contributed by atoms with E-state index in [2.05, 4.69) is 0 Å². The molecule has 0 spiro atoms. The lowest BCUT2D eigenvalue weighted by molar-refractivity contribution is -0.118. The second-order valence-corrected chi connectivity index (χ2v) is 5.00. The van der Waals surface area contributed by atoms with Crippen molar-refractivity contribution in [3.05, 3.63) is 60.2 Å². The molecule has 90 valence electrons. The number of fused-ring (bicyclic) bond motifs is 1. The maximum absolute atomic E-state index is 11.9. The number of hydrogen-bond acceptors (Lipinski definition) is 2. The normalized spacial score (nSPS) is 27.0. The van der Waals surface area contributed by atoms with Crippen LogP contribution in [0.2, 0.25) is 0 Å². The molecule has 0 amide bonds. The summed E-state index contributed by atoms with van der Waals surface area (Å²) in [7, 11) is 0. The van der Waals surface area contributed by atoms with Gasteiger partial charge in [-0.3, -0.25) is 4.79 Å². The third-order valence-corrected chi connectivity index (χ3v) is 3.56. The first-order valence-electron chi connectivity index (χ1n) is 6.02. The monoisotopic (exact) mass is 238 g/mol. The van der Waals surface area contributed by atoms with E-state index in [1.165, 1.54) is 6.08 Å². The fourth-order valence-electron chi connectivity index (χ4n) is 2.62. The van der Waals surface area contributed by atoms with Crippen molar-refractivity contribution in [2.24, 2.45) is 0 Å². The summed E-state index contributed by atoms with van der Waals surface area (Å²) in [6, 6.07) is 13.9. The van der Waals surface area contributed by atoms with E-state index >= 15 is 0 Å². The molecule has 0 aromatic heterocycles. The van der Waals surface area contributed by atoms with E-state index in [4.69, 9.17) is 0 Å². The first-order valence-corrected chi connectivity index (χ1v) is 6.02. The third kappa shape index (κ3) is 1.66. The van der Waals surface area contributed by atoms with Crippen LogP contribution in [0.25, 0.3) is 10.8 Å². The first-order chi connectivity index (χ1) is 8.58. The van der Waals surface area contributed by atoms with Crippen LogP contribution in [0.1, 0.15) is 18.4 Å². The molecule has 1 N–H and O–H groups in total. The Bertz CT molecular complexity index is 653. The Hall–Kier alpha value is -1.93. The first kappa shape index (κ1) is 11.2. The molecule has 0 unspecified atom stereocenters. The van der Waals surface area contributed by atoms with Gasteiger partial charge in [0.25, 0.3) is 0 Å². The molecule has 0 saturated carbocycles. The maximum atomic E-state index is 11.9. The molecule has 0 bridgehead atoms. The second kappa shape index (κ2) is 3.79. The van der Waals surface area contributed by atoms with Gasteiger partial charge < -0.3 is 5.11 Å². The quantitative estimate of drug-likeness (QED) is 0.829. The molecule has 2 atom stereocenters. The summed E-state index contributed by atoms with van der Waals surface area (Å²) < 4.78 is 0. The summed E-state index contributed by atoms with van der Waals surface area (Å²) >= 11 is 0. The van der Waals surface area contributed by atoms with Gasteiger partial charge in [-0.2, -0.15) is 0 Å². The van der Waals surface area contributed by atoms with E-state index in [1.54, 1.807) is 13.0 Å². The highest BCUT2D eigenvalue weighted by Gasteiger charge is 2.39. The highest BCUT2D eigenvalue weighted by molar-refractivity contribution is 6.00. The van der Waals surface area contributed by atoms with Crippen LogP contribution in [-0.2, 0) is 4.79 Å². The summed E-state index contributed by atoms with van der Waals surface area (Å²) in [5.74, 6) is -0.516. The SMILES string of the molecule is C[C@@]1(O)C=CC(=O)[C@H]1c1ccc2ccccc2c1. The fourth-order valence-corrected chi connectivity index (χ4v) is 2.62. The zero-order chi connectivity index (χ0) is 12.8. The van der Waals surface area contributed by atoms with Gasteiger partial charge in [0.05, 0.1) is 11.5 Å². The highest BCUT2D eigenvalue weighted by atomic mass is 16.3. The van der Waals surface area contributed by atoms with Gasteiger partial charge in [0, 0.05) is 0 Å². The van der Waals surface area contributed by atoms with Crippen LogP contribution in [0.3, 0.4) is 0 Å². The second-order valence-electron chi connectivity index (χ2n) is 5.00. The predicted molar refractivity (Wildman–Crippen MR) is 71.5 cm³/mol. The molecule has 0 heterocycles. The number of aliphatic hydroxyl groups is 1. The molecule has 2 nitrogen and oxygen atoms in total. The number of carbonyl (C=O) groups excluding carboxylic acids is 1. The van der Waals surface area contributed by atoms with Crippen LogP contribution >= 0.6 is 0 Å². The van der Waals surface area contributed by atoms with E-state index in [9.17, 15) is 9.90 Å². The zero-order valence-corrected chi connectivity index (χ0v) is 10.1. The predicted octanol–water partition coefficient (Wildman–Crippen LogP) is 2.81. The van der Waals surface area contributed by atoms with Gasteiger partial charge in [0.15, 0.2) is 5.78 Å². The minimum absolute atomic E-state index is 0.0321. The molecule has 2 heteroatoms. The number of rotatable bonds is 1. The molecule has 2 aromatic carbocycles. The third-order valence-electron chi connectivity index (χ3n) is 3.56. The van der Waals surface area contributed by atoms with Gasteiger partial charge in [-0.15, -0.1) is 0 Å². The summed E-state index contributed by atoms with van der Waals surface area (Å²) in [6.07, 6.45) is 3.05. The standard InChI is InChI=1S/C16H14O2/c1-16(18)9-8-14(17)15(16)13-7-6-11-4-2-3-5-12(11)10-13/h2-10,15,18H,1H3/t15-,16-/m1/s1. The Balaban J connectivity index is 2.12. The number of carbonyl (C=O) groups is 1. The smallest absolute Gasteiger partial charge is 0.166 e. The van der Waals surface area contributed by atoms with Crippen LogP contribution in [0.15, 0.2) is 54.6 Å². The van der Waals surface area contributed by atoms with Crippen molar-refractivity contribution in [3.63, 3.8) is 0 Å². The molecule has 1 aliphatic rings. The van der Waals surface area contributed by atoms with Crippen molar-refractivity contribution < 1.29 is 9.90 Å². The molecular formula is C16H14O2. The molecule has 0 radical (unpaired) electrons. The van der Waals surface area contributed by atoms with Gasteiger partial charge in [0.1, 0.15) is 0 Å². The molecule has 1 aliphatic carbocycles. The lowest BCUT2D eigenvalue weighted by Crippen LogP contribution is -2.30. The highest BCUT2D eigenvalue weighted by Crippen LogP contribution is 2.36. The Labute approximate surface area is 106 Å². The Morgan fingerprint density at radius 2 is 1.83 bits per heavy atom. The van der Waals surface area contributed by atoms with Crippen molar-refractivity contribution in [2.75, 3.05) is 0 Å². The molecule has 18 heavy (non-hydrogen) atoms. The van der Waals surface area contributed by atoms with Crippen molar-refractivity contribution >= 4 is 16.6 Å². The Morgan fingerprint density at radius 1 is 1.11 bits per heavy atom. The molecular weight excluding hydrogens is 224 g/mol. The Morgan fingerprint density at radius 3 is 2.50 bits per heavy atom. The molecule has 0 saturated heterocycles. The van der Waals surface area contributed by atoms with E-state index in [1.807, 2.05) is 42.5 Å². The maximum Gasteiger partial charge on any atom is 0.166 e. The number of benzene rings is 2. The summed E-state index contributed by atoms with van der Waals surface area (Å²) in [5.41, 5.74) is -0.215. The summed E-state index contributed by atoms with van der Waals surface area (Å²) in [6.45, 7) is 1.67. The summed E-state index contributed by atoms with van der Waals surface area (Å²) in [4.78, 5) is 11.9.